The number of esters is 1. The molecule has 0 bridgehead atoms. The average Bonchev–Trinajstić information content (AvgIpc) is 2.64. The molecule has 154 valence electrons. The highest BCUT2D eigenvalue weighted by Gasteiger charge is 2.54. The molecule has 1 aromatic rings. The molecular formula is C20H22N2O6S. The highest BCUT2D eigenvalue weighted by atomic mass is 32.2. The summed E-state index contributed by atoms with van der Waals surface area (Å²) >= 11 is 1.43. The van der Waals surface area contributed by atoms with Crippen LogP contribution in [-0.2, 0) is 14.3 Å². The third-order valence-electron chi connectivity index (χ3n) is 4.44. The first kappa shape index (κ1) is 20.9. The quantitative estimate of drug-likeness (QED) is 0.568. The van der Waals surface area contributed by atoms with E-state index in [0.717, 1.165) is 5.57 Å². The molecule has 0 aliphatic carbocycles. The van der Waals surface area contributed by atoms with Crippen LogP contribution in [-0.4, -0.2) is 56.5 Å². The summed E-state index contributed by atoms with van der Waals surface area (Å²) < 4.78 is 5.42. The summed E-state index contributed by atoms with van der Waals surface area (Å²) in [5.74, 6) is -2.36. The van der Waals surface area contributed by atoms with E-state index in [0.29, 0.717) is 5.75 Å². The van der Waals surface area contributed by atoms with Gasteiger partial charge in [0.2, 0.25) is 0 Å². The molecule has 1 aromatic carbocycles. The minimum atomic E-state index is -1.23. The van der Waals surface area contributed by atoms with Crippen molar-refractivity contribution in [1.29, 1.82) is 0 Å². The van der Waals surface area contributed by atoms with Gasteiger partial charge in [-0.25, -0.2) is 9.59 Å². The van der Waals surface area contributed by atoms with E-state index in [-0.39, 0.29) is 16.8 Å². The third kappa shape index (κ3) is 4.00. The second-order valence-electron chi connectivity index (χ2n) is 7.84. The van der Waals surface area contributed by atoms with Crippen molar-refractivity contribution in [1.82, 2.24) is 10.2 Å². The van der Waals surface area contributed by atoms with E-state index in [9.17, 15) is 24.3 Å². The molecule has 2 aliphatic rings. The summed E-state index contributed by atoms with van der Waals surface area (Å²) in [6, 6.07) is 4.95. The van der Waals surface area contributed by atoms with Crippen molar-refractivity contribution in [2.24, 2.45) is 0 Å². The molecule has 0 radical (unpaired) electrons. The lowest BCUT2D eigenvalue weighted by molar-refractivity contribution is -0.158. The summed E-state index contributed by atoms with van der Waals surface area (Å²) in [4.78, 5) is 50.6. The number of carboxylic acid groups (broad SMARTS) is 1. The Bertz CT molecular complexity index is 933. The van der Waals surface area contributed by atoms with Gasteiger partial charge in [0.15, 0.2) is 0 Å². The maximum Gasteiger partial charge on any atom is 0.355 e. The van der Waals surface area contributed by atoms with Crippen LogP contribution in [0.25, 0.3) is 0 Å². The van der Waals surface area contributed by atoms with Gasteiger partial charge in [0.1, 0.15) is 22.7 Å². The SMILES string of the molecule is CC1=C(C(=O)OC(C)(C)C)N2C(=O)C(NC(=O)c3ccccc3C(=O)O)[C@H]2SC1. The van der Waals surface area contributed by atoms with Crippen LogP contribution < -0.4 is 5.32 Å². The molecule has 2 aliphatic heterocycles. The molecule has 1 unspecified atom stereocenters. The van der Waals surface area contributed by atoms with Gasteiger partial charge in [-0.15, -0.1) is 11.8 Å². The zero-order valence-electron chi connectivity index (χ0n) is 16.5. The van der Waals surface area contributed by atoms with E-state index >= 15 is 0 Å². The number of hydrogen-bond donors (Lipinski definition) is 2. The number of nitrogens with zero attached hydrogens (tertiary/aromatic N) is 1. The van der Waals surface area contributed by atoms with Gasteiger partial charge in [0, 0.05) is 5.75 Å². The van der Waals surface area contributed by atoms with Crippen LogP contribution in [0.4, 0.5) is 0 Å². The highest BCUT2D eigenvalue weighted by molar-refractivity contribution is 8.00. The van der Waals surface area contributed by atoms with E-state index < -0.39 is 40.8 Å². The minimum absolute atomic E-state index is 0.0221. The molecule has 2 amide bonds. The smallest absolute Gasteiger partial charge is 0.355 e. The first-order valence-electron chi connectivity index (χ1n) is 9.02. The average molecular weight is 418 g/mol. The monoisotopic (exact) mass is 418 g/mol. The van der Waals surface area contributed by atoms with Crippen molar-refractivity contribution >= 4 is 35.5 Å². The lowest BCUT2D eigenvalue weighted by Crippen LogP contribution is -2.70. The number of ether oxygens (including phenoxy) is 1. The Kier molecular flexibility index (Phi) is 5.44. The van der Waals surface area contributed by atoms with Crippen LogP contribution in [0.5, 0.6) is 0 Å². The normalized spacial score (nSPS) is 21.2. The van der Waals surface area contributed by atoms with Crippen molar-refractivity contribution < 1.29 is 29.0 Å². The molecular weight excluding hydrogens is 396 g/mol. The molecule has 9 heteroatoms. The van der Waals surface area contributed by atoms with E-state index in [1.807, 2.05) is 0 Å². The minimum Gasteiger partial charge on any atom is -0.478 e. The van der Waals surface area contributed by atoms with E-state index in [1.54, 1.807) is 33.8 Å². The number of carbonyl (C=O) groups is 4. The van der Waals surface area contributed by atoms with Crippen LogP contribution in [0.2, 0.25) is 0 Å². The molecule has 1 fully saturated rings. The predicted molar refractivity (Wildman–Crippen MR) is 106 cm³/mol. The number of fused-ring (bicyclic) bond motifs is 1. The van der Waals surface area contributed by atoms with Gasteiger partial charge in [-0.3, -0.25) is 14.5 Å². The Morgan fingerprint density at radius 2 is 1.83 bits per heavy atom. The van der Waals surface area contributed by atoms with Crippen molar-refractivity contribution in [3.63, 3.8) is 0 Å². The lowest BCUT2D eigenvalue weighted by atomic mass is 10.0. The lowest BCUT2D eigenvalue weighted by Gasteiger charge is -2.49. The predicted octanol–water partition coefficient (Wildman–Crippen LogP) is 2.01. The first-order chi connectivity index (χ1) is 13.5. The topological polar surface area (TPSA) is 113 Å². The van der Waals surface area contributed by atoms with Crippen LogP contribution in [0.1, 0.15) is 48.4 Å². The summed E-state index contributed by atoms with van der Waals surface area (Å²) in [6.07, 6.45) is 0. The standard InChI is InChI=1S/C20H22N2O6S/c1-10-9-29-17-13(16(24)22(17)14(10)19(27)28-20(2,3)4)21-15(23)11-7-5-6-8-12(11)18(25)26/h5-8,13,17H,9H2,1-4H3,(H,21,23)(H,25,26)/t13?,17-/m1/s1. The summed E-state index contributed by atoms with van der Waals surface area (Å²) in [6.45, 7) is 7.01. The summed E-state index contributed by atoms with van der Waals surface area (Å²) in [7, 11) is 0. The van der Waals surface area contributed by atoms with Gasteiger partial charge in [0.25, 0.3) is 11.8 Å². The number of aromatic carboxylic acids is 1. The number of hydrogen-bond acceptors (Lipinski definition) is 6. The number of β-lactam (4-membered cyclic amide) rings is 1. The van der Waals surface area contributed by atoms with Crippen molar-refractivity contribution in [2.45, 2.75) is 44.7 Å². The largest absolute Gasteiger partial charge is 0.478 e. The second kappa shape index (κ2) is 7.55. The highest BCUT2D eigenvalue weighted by Crippen LogP contribution is 2.41. The number of carbonyl (C=O) groups excluding carboxylic acids is 3. The second-order valence-corrected chi connectivity index (χ2v) is 8.95. The maximum absolute atomic E-state index is 12.7. The van der Waals surface area contributed by atoms with E-state index in [4.69, 9.17) is 4.74 Å². The summed E-state index contributed by atoms with van der Waals surface area (Å²) in [5, 5.41) is 11.4. The van der Waals surface area contributed by atoms with Gasteiger partial charge in [-0.2, -0.15) is 0 Å². The van der Waals surface area contributed by atoms with Gasteiger partial charge in [-0.1, -0.05) is 12.1 Å². The number of thioether (sulfide) groups is 1. The van der Waals surface area contributed by atoms with Gasteiger partial charge in [0.05, 0.1) is 11.1 Å². The van der Waals surface area contributed by atoms with Crippen molar-refractivity contribution in [3.05, 3.63) is 46.7 Å². The molecule has 2 atom stereocenters. The number of carboxylic acids is 1. The molecule has 2 heterocycles. The van der Waals surface area contributed by atoms with E-state index in [1.165, 1.54) is 34.9 Å². The Hall–Kier alpha value is -2.81. The molecule has 0 saturated carbocycles. The molecule has 8 nitrogen and oxygen atoms in total. The Labute approximate surface area is 172 Å². The van der Waals surface area contributed by atoms with Gasteiger partial charge < -0.3 is 15.2 Å². The fraction of sp³-hybridized carbons (Fsp3) is 0.400. The molecule has 29 heavy (non-hydrogen) atoms. The van der Waals surface area contributed by atoms with Gasteiger partial charge >= 0.3 is 11.9 Å². The van der Waals surface area contributed by atoms with Crippen LogP contribution >= 0.6 is 11.8 Å². The van der Waals surface area contributed by atoms with E-state index in [2.05, 4.69) is 5.32 Å². The molecule has 3 rings (SSSR count). The van der Waals surface area contributed by atoms with Crippen molar-refractivity contribution in [2.75, 3.05) is 5.75 Å². The van der Waals surface area contributed by atoms with Crippen LogP contribution in [0, 0.1) is 0 Å². The molecule has 1 saturated heterocycles. The molecule has 2 N–H and O–H groups in total. The Morgan fingerprint density at radius 3 is 2.41 bits per heavy atom. The Balaban J connectivity index is 1.78. The maximum atomic E-state index is 12.7. The van der Waals surface area contributed by atoms with Crippen LogP contribution in [0.3, 0.4) is 0 Å². The number of amides is 2. The van der Waals surface area contributed by atoms with Crippen LogP contribution in [0.15, 0.2) is 35.5 Å². The fourth-order valence-corrected chi connectivity index (χ4v) is 4.47. The number of benzene rings is 1. The van der Waals surface area contributed by atoms with Crippen molar-refractivity contribution in [3.8, 4) is 0 Å². The Morgan fingerprint density at radius 1 is 1.21 bits per heavy atom. The molecule has 0 spiro atoms. The zero-order chi connectivity index (χ0) is 21.5. The van der Waals surface area contributed by atoms with Gasteiger partial charge in [-0.05, 0) is 45.4 Å². The summed E-state index contributed by atoms with van der Waals surface area (Å²) in [5.41, 5.74) is 0.0770. The number of nitrogens with one attached hydrogen (secondary N) is 1. The fourth-order valence-electron chi connectivity index (χ4n) is 3.18. The third-order valence-corrected chi connectivity index (χ3v) is 5.86. The first-order valence-corrected chi connectivity index (χ1v) is 10.1. The number of rotatable bonds is 4. The zero-order valence-corrected chi connectivity index (χ0v) is 17.3. The molecule has 0 aromatic heterocycles.